The van der Waals surface area contributed by atoms with Gasteiger partial charge in [-0.3, -0.25) is 4.79 Å². The quantitative estimate of drug-likeness (QED) is 0.518. The molecule has 0 heterocycles. The normalized spacial score (nSPS) is 16.2. The van der Waals surface area contributed by atoms with Gasteiger partial charge in [-0.25, -0.2) is 0 Å². The van der Waals surface area contributed by atoms with Crippen molar-refractivity contribution >= 4 is 5.91 Å². The minimum absolute atomic E-state index is 0.197. The highest BCUT2D eigenvalue weighted by Gasteiger charge is 2.24. The molecule has 52 valence electrons. The van der Waals surface area contributed by atoms with E-state index in [-0.39, 0.29) is 6.42 Å². The predicted octanol–water partition coefficient (Wildman–Crippen LogP) is -0.201. The molecule has 3 N–H and O–H groups in total. The average molecular weight is 129 g/mol. The predicted molar refractivity (Wildman–Crippen MR) is 34.6 cm³/mol. The monoisotopic (exact) mass is 129 g/mol. The van der Waals surface area contributed by atoms with Crippen LogP contribution in [0, 0.1) is 0 Å². The first-order valence-corrected chi connectivity index (χ1v) is 2.64. The molecule has 0 rings (SSSR count). The van der Waals surface area contributed by atoms with Crippen molar-refractivity contribution in [2.45, 2.75) is 18.9 Å². The molecule has 0 fully saturated rings. The SMILES string of the molecule is C=CC[C@@](C)(O)C(N)=O. The summed E-state index contributed by atoms with van der Waals surface area (Å²) in [4.78, 5) is 10.3. The number of primary amides is 1. The van der Waals surface area contributed by atoms with E-state index in [2.05, 4.69) is 6.58 Å². The van der Waals surface area contributed by atoms with Gasteiger partial charge < -0.3 is 10.8 Å². The van der Waals surface area contributed by atoms with Crippen LogP contribution in [0.4, 0.5) is 0 Å². The van der Waals surface area contributed by atoms with Crippen molar-refractivity contribution in [2.75, 3.05) is 0 Å². The van der Waals surface area contributed by atoms with E-state index in [1.807, 2.05) is 0 Å². The van der Waals surface area contributed by atoms with Gasteiger partial charge in [0.15, 0.2) is 0 Å². The number of hydrogen-bond donors (Lipinski definition) is 2. The third kappa shape index (κ3) is 2.28. The molecule has 0 aromatic heterocycles. The second-order valence-corrected chi connectivity index (χ2v) is 2.13. The van der Waals surface area contributed by atoms with Crippen molar-refractivity contribution in [3.63, 3.8) is 0 Å². The summed E-state index contributed by atoms with van der Waals surface area (Å²) in [7, 11) is 0. The van der Waals surface area contributed by atoms with Crippen molar-refractivity contribution in [1.29, 1.82) is 0 Å². The summed E-state index contributed by atoms with van der Waals surface area (Å²) in [5, 5.41) is 9.05. The first kappa shape index (κ1) is 8.17. The third-order valence-electron chi connectivity index (χ3n) is 1.07. The summed E-state index contributed by atoms with van der Waals surface area (Å²) < 4.78 is 0. The zero-order chi connectivity index (χ0) is 7.49. The van der Waals surface area contributed by atoms with Crippen molar-refractivity contribution in [3.8, 4) is 0 Å². The van der Waals surface area contributed by atoms with Crippen LogP contribution in [-0.4, -0.2) is 16.6 Å². The van der Waals surface area contributed by atoms with Crippen LogP contribution in [0.15, 0.2) is 12.7 Å². The lowest BCUT2D eigenvalue weighted by molar-refractivity contribution is -0.134. The summed E-state index contributed by atoms with van der Waals surface area (Å²) in [6, 6.07) is 0. The highest BCUT2D eigenvalue weighted by molar-refractivity contribution is 5.82. The average Bonchev–Trinajstić information content (AvgIpc) is 1.65. The number of amides is 1. The van der Waals surface area contributed by atoms with Crippen molar-refractivity contribution in [2.24, 2.45) is 5.73 Å². The Balaban J connectivity index is 4.00. The van der Waals surface area contributed by atoms with Gasteiger partial charge in [0.05, 0.1) is 0 Å². The fourth-order valence-electron chi connectivity index (χ4n) is 0.382. The van der Waals surface area contributed by atoms with Gasteiger partial charge in [0, 0.05) is 6.42 Å². The molecule has 1 amide bonds. The maximum absolute atomic E-state index is 10.3. The summed E-state index contributed by atoms with van der Waals surface area (Å²) in [6.07, 6.45) is 1.65. The molecule has 3 heteroatoms. The number of rotatable bonds is 3. The molecule has 0 saturated heterocycles. The van der Waals surface area contributed by atoms with Gasteiger partial charge >= 0.3 is 0 Å². The fourth-order valence-corrected chi connectivity index (χ4v) is 0.382. The lowest BCUT2D eigenvalue weighted by atomic mass is 10.0. The van der Waals surface area contributed by atoms with E-state index in [4.69, 9.17) is 10.8 Å². The largest absolute Gasteiger partial charge is 0.380 e. The molecule has 0 aliphatic carbocycles. The standard InChI is InChI=1S/C6H11NO2/c1-3-4-6(2,9)5(7)8/h3,9H,1,4H2,2H3,(H2,7,8)/t6-/m1/s1. The Morgan fingerprint density at radius 3 is 2.56 bits per heavy atom. The van der Waals surface area contributed by atoms with Crippen LogP contribution in [0.25, 0.3) is 0 Å². The first-order chi connectivity index (χ1) is 4.00. The van der Waals surface area contributed by atoms with Gasteiger partial charge in [-0.05, 0) is 6.92 Å². The molecule has 0 spiro atoms. The summed E-state index contributed by atoms with van der Waals surface area (Å²) in [5.41, 5.74) is 3.39. The first-order valence-electron chi connectivity index (χ1n) is 2.64. The number of hydrogen-bond acceptors (Lipinski definition) is 2. The number of nitrogens with two attached hydrogens (primary N) is 1. The van der Waals surface area contributed by atoms with Crippen LogP contribution in [0.3, 0.4) is 0 Å². The Hall–Kier alpha value is -0.830. The molecular weight excluding hydrogens is 118 g/mol. The Bertz CT molecular complexity index is 129. The Labute approximate surface area is 54.2 Å². The summed E-state index contributed by atoms with van der Waals surface area (Å²) in [6.45, 7) is 4.72. The van der Waals surface area contributed by atoms with Crippen LogP contribution >= 0.6 is 0 Å². The van der Waals surface area contributed by atoms with Crippen LogP contribution in [0.1, 0.15) is 13.3 Å². The molecule has 0 saturated carbocycles. The van der Waals surface area contributed by atoms with E-state index in [1.54, 1.807) is 0 Å². The molecular formula is C6H11NO2. The van der Waals surface area contributed by atoms with Gasteiger partial charge in [0.2, 0.25) is 5.91 Å². The van der Waals surface area contributed by atoms with E-state index in [0.717, 1.165) is 0 Å². The minimum atomic E-state index is -1.43. The minimum Gasteiger partial charge on any atom is -0.380 e. The Kier molecular flexibility index (Phi) is 2.40. The van der Waals surface area contributed by atoms with Gasteiger partial charge in [-0.2, -0.15) is 0 Å². The molecule has 0 radical (unpaired) electrons. The van der Waals surface area contributed by atoms with Crippen molar-refractivity contribution in [3.05, 3.63) is 12.7 Å². The topological polar surface area (TPSA) is 63.3 Å². The van der Waals surface area contributed by atoms with Gasteiger partial charge in [-0.15, -0.1) is 6.58 Å². The smallest absolute Gasteiger partial charge is 0.249 e. The van der Waals surface area contributed by atoms with Gasteiger partial charge in [-0.1, -0.05) is 6.08 Å². The zero-order valence-corrected chi connectivity index (χ0v) is 5.42. The number of aliphatic hydroxyl groups is 1. The molecule has 0 aromatic carbocycles. The van der Waals surface area contributed by atoms with Gasteiger partial charge in [0.1, 0.15) is 5.60 Å². The highest BCUT2D eigenvalue weighted by Crippen LogP contribution is 2.07. The third-order valence-corrected chi connectivity index (χ3v) is 1.07. The van der Waals surface area contributed by atoms with E-state index >= 15 is 0 Å². The Morgan fingerprint density at radius 2 is 2.44 bits per heavy atom. The van der Waals surface area contributed by atoms with Crippen molar-refractivity contribution < 1.29 is 9.90 Å². The van der Waals surface area contributed by atoms with Gasteiger partial charge in [0.25, 0.3) is 0 Å². The number of carbonyl (C=O) groups is 1. The summed E-state index contributed by atoms with van der Waals surface area (Å²) >= 11 is 0. The maximum Gasteiger partial charge on any atom is 0.249 e. The molecule has 9 heavy (non-hydrogen) atoms. The fraction of sp³-hybridized carbons (Fsp3) is 0.500. The maximum atomic E-state index is 10.3. The van der Waals surface area contributed by atoms with E-state index in [9.17, 15) is 4.79 Å². The zero-order valence-electron chi connectivity index (χ0n) is 5.42. The van der Waals surface area contributed by atoms with Crippen LogP contribution < -0.4 is 5.73 Å². The van der Waals surface area contributed by atoms with Crippen molar-refractivity contribution in [1.82, 2.24) is 0 Å². The molecule has 0 aromatic rings. The molecule has 0 aliphatic heterocycles. The second-order valence-electron chi connectivity index (χ2n) is 2.13. The molecule has 0 aliphatic rings. The number of carbonyl (C=O) groups excluding carboxylic acids is 1. The lowest BCUT2D eigenvalue weighted by Crippen LogP contribution is -2.40. The van der Waals surface area contributed by atoms with E-state index in [0.29, 0.717) is 0 Å². The molecule has 0 bridgehead atoms. The Morgan fingerprint density at radius 1 is 2.00 bits per heavy atom. The van der Waals surface area contributed by atoms with E-state index < -0.39 is 11.5 Å². The van der Waals surface area contributed by atoms with Crippen LogP contribution in [0.2, 0.25) is 0 Å². The highest BCUT2D eigenvalue weighted by atomic mass is 16.3. The van der Waals surface area contributed by atoms with Crippen LogP contribution in [-0.2, 0) is 4.79 Å². The molecule has 0 unspecified atom stereocenters. The summed E-state index contributed by atoms with van der Waals surface area (Å²) in [5.74, 6) is -0.720. The van der Waals surface area contributed by atoms with Crippen LogP contribution in [0.5, 0.6) is 0 Å². The lowest BCUT2D eigenvalue weighted by Gasteiger charge is -2.15. The molecule has 1 atom stereocenters. The second kappa shape index (κ2) is 2.64. The molecule has 3 nitrogen and oxygen atoms in total. The van der Waals surface area contributed by atoms with E-state index in [1.165, 1.54) is 13.0 Å².